The number of nitrogens with zero attached hydrogens (tertiary/aromatic N) is 2. The lowest BCUT2D eigenvalue weighted by Gasteiger charge is -2.23. The highest BCUT2D eigenvalue weighted by molar-refractivity contribution is 5.94. The Morgan fingerprint density at radius 3 is 2.59 bits per heavy atom. The molecule has 1 unspecified atom stereocenters. The van der Waals surface area contributed by atoms with Crippen LogP contribution in [0.4, 0.5) is 0 Å². The van der Waals surface area contributed by atoms with E-state index < -0.39 is 5.60 Å². The molecule has 1 atom stereocenters. The lowest BCUT2D eigenvalue weighted by molar-refractivity contribution is 0.0513. The molecule has 0 fully saturated rings. The average Bonchev–Trinajstić information content (AvgIpc) is 2.76. The van der Waals surface area contributed by atoms with Crippen molar-refractivity contribution in [2.45, 2.75) is 40.2 Å². The number of aliphatic hydroxyl groups is 1. The standard InChI is InChI=1S/C16H21N3O3/c1-9-6-14(11(3)22-9)16(5,21)8-18-15(20)13-7-17-12(4)19-10(13)2/h6-7,21H,8H2,1-5H3,(H,18,20). The molecule has 0 aliphatic heterocycles. The van der Waals surface area contributed by atoms with Crippen LogP contribution in [0.25, 0.3) is 0 Å². The first-order valence-corrected chi connectivity index (χ1v) is 7.09. The molecule has 22 heavy (non-hydrogen) atoms. The van der Waals surface area contributed by atoms with Gasteiger partial charge in [0.05, 0.1) is 17.8 Å². The number of furan rings is 1. The van der Waals surface area contributed by atoms with E-state index in [-0.39, 0.29) is 12.5 Å². The molecule has 0 spiro atoms. The molecule has 0 saturated carbocycles. The van der Waals surface area contributed by atoms with E-state index in [1.807, 2.05) is 6.92 Å². The summed E-state index contributed by atoms with van der Waals surface area (Å²) in [5.41, 5.74) is 0.473. The van der Waals surface area contributed by atoms with Crippen LogP contribution in [-0.2, 0) is 5.60 Å². The third-order valence-electron chi connectivity index (χ3n) is 3.56. The summed E-state index contributed by atoms with van der Waals surface area (Å²) < 4.78 is 5.43. The molecule has 6 heteroatoms. The van der Waals surface area contributed by atoms with Gasteiger partial charge in [-0.05, 0) is 40.7 Å². The Labute approximate surface area is 129 Å². The number of aryl methyl sites for hydroxylation is 4. The fraction of sp³-hybridized carbons (Fsp3) is 0.438. The molecule has 118 valence electrons. The highest BCUT2D eigenvalue weighted by Gasteiger charge is 2.28. The lowest BCUT2D eigenvalue weighted by atomic mass is 9.96. The van der Waals surface area contributed by atoms with Crippen LogP contribution in [0.1, 0.15) is 45.9 Å². The van der Waals surface area contributed by atoms with E-state index in [1.165, 1.54) is 6.20 Å². The Morgan fingerprint density at radius 2 is 2.05 bits per heavy atom. The van der Waals surface area contributed by atoms with Crippen LogP contribution in [0.2, 0.25) is 0 Å². The third-order valence-corrected chi connectivity index (χ3v) is 3.56. The number of hydrogen-bond donors (Lipinski definition) is 2. The van der Waals surface area contributed by atoms with Crippen molar-refractivity contribution in [3.63, 3.8) is 0 Å². The van der Waals surface area contributed by atoms with Crippen LogP contribution in [0.5, 0.6) is 0 Å². The van der Waals surface area contributed by atoms with Crippen molar-refractivity contribution in [3.8, 4) is 0 Å². The van der Waals surface area contributed by atoms with Crippen LogP contribution in [0.15, 0.2) is 16.7 Å². The van der Waals surface area contributed by atoms with Crippen molar-refractivity contribution in [1.29, 1.82) is 0 Å². The third kappa shape index (κ3) is 3.33. The summed E-state index contributed by atoms with van der Waals surface area (Å²) >= 11 is 0. The van der Waals surface area contributed by atoms with Gasteiger partial charge in [0.1, 0.15) is 22.9 Å². The van der Waals surface area contributed by atoms with Crippen LogP contribution in [0, 0.1) is 27.7 Å². The maximum atomic E-state index is 12.2. The van der Waals surface area contributed by atoms with Crippen molar-refractivity contribution in [1.82, 2.24) is 15.3 Å². The molecule has 0 aromatic carbocycles. The quantitative estimate of drug-likeness (QED) is 0.901. The fourth-order valence-electron chi connectivity index (χ4n) is 2.41. The molecular weight excluding hydrogens is 282 g/mol. The van der Waals surface area contributed by atoms with Crippen molar-refractivity contribution < 1.29 is 14.3 Å². The summed E-state index contributed by atoms with van der Waals surface area (Å²) in [6.45, 7) is 8.84. The zero-order valence-electron chi connectivity index (χ0n) is 13.5. The van der Waals surface area contributed by atoms with E-state index in [2.05, 4.69) is 15.3 Å². The van der Waals surface area contributed by atoms with E-state index in [1.54, 1.807) is 33.8 Å². The Bertz CT molecular complexity index is 705. The molecule has 2 heterocycles. The second kappa shape index (κ2) is 5.88. The molecule has 0 saturated heterocycles. The van der Waals surface area contributed by atoms with Gasteiger partial charge in [0.25, 0.3) is 5.91 Å². The summed E-state index contributed by atoms with van der Waals surface area (Å²) in [7, 11) is 0. The Morgan fingerprint density at radius 1 is 1.36 bits per heavy atom. The first kappa shape index (κ1) is 16.2. The monoisotopic (exact) mass is 303 g/mol. The molecule has 2 aromatic rings. The number of aromatic nitrogens is 2. The number of hydrogen-bond acceptors (Lipinski definition) is 5. The smallest absolute Gasteiger partial charge is 0.254 e. The van der Waals surface area contributed by atoms with E-state index >= 15 is 0 Å². The molecule has 0 radical (unpaired) electrons. The van der Waals surface area contributed by atoms with Crippen LogP contribution in [0.3, 0.4) is 0 Å². The molecule has 2 rings (SSSR count). The molecule has 1 amide bonds. The highest BCUT2D eigenvalue weighted by Crippen LogP contribution is 2.26. The average molecular weight is 303 g/mol. The highest BCUT2D eigenvalue weighted by atomic mass is 16.3. The van der Waals surface area contributed by atoms with Gasteiger partial charge in [0, 0.05) is 11.8 Å². The predicted molar refractivity (Wildman–Crippen MR) is 81.6 cm³/mol. The zero-order valence-corrected chi connectivity index (χ0v) is 13.5. The van der Waals surface area contributed by atoms with Gasteiger partial charge in [-0.1, -0.05) is 0 Å². The summed E-state index contributed by atoms with van der Waals surface area (Å²) in [5.74, 6) is 1.68. The lowest BCUT2D eigenvalue weighted by Crippen LogP contribution is -2.39. The summed E-state index contributed by atoms with van der Waals surface area (Å²) in [6.07, 6.45) is 1.50. The molecule has 6 nitrogen and oxygen atoms in total. The van der Waals surface area contributed by atoms with Crippen LogP contribution in [-0.4, -0.2) is 27.5 Å². The predicted octanol–water partition coefficient (Wildman–Crippen LogP) is 1.94. The Kier molecular flexibility index (Phi) is 4.32. The Hall–Kier alpha value is -2.21. The van der Waals surface area contributed by atoms with Gasteiger partial charge < -0.3 is 14.8 Å². The van der Waals surface area contributed by atoms with Gasteiger partial charge in [-0.25, -0.2) is 9.97 Å². The molecular formula is C16H21N3O3. The molecule has 0 aliphatic carbocycles. The largest absolute Gasteiger partial charge is 0.466 e. The number of carbonyl (C=O) groups excluding carboxylic acids is 1. The van der Waals surface area contributed by atoms with Crippen LogP contribution >= 0.6 is 0 Å². The summed E-state index contributed by atoms with van der Waals surface area (Å²) in [4.78, 5) is 20.4. The van der Waals surface area contributed by atoms with E-state index in [0.717, 1.165) is 5.76 Å². The van der Waals surface area contributed by atoms with Crippen molar-refractivity contribution >= 4 is 5.91 Å². The summed E-state index contributed by atoms with van der Waals surface area (Å²) in [6, 6.07) is 1.78. The fourth-order valence-corrected chi connectivity index (χ4v) is 2.41. The maximum absolute atomic E-state index is 12.2. The van der Waals surface area contributed by atoms with Gasteiger partial charge in [-0.3, -0.25) is 4.79 Å². The van der Waals surface area contributed by atoms with Crippen LogP contribution < -0.4 is 5.32 Å². The Balaban J connectivity index is 2.11. The van der Waals surface area contributed by atoms with Gasteiger partial charge >= 0.3 is 0 Å². The zero-order chi connectivity index (χ0) is 16.5. The van der Waals surface area contributed by atoms with E-state index in [0.29, 0.717) is 28.4 Å². The molecule has 2 N–H and O–H groups in total. The number of amides is 1. The van der Waals surface area contributed by atoms with Gasteiger partial charge in [0.2, 0.25) is 0 Å². The van der Waals surface area contributed by atoms with Crippen molar-refractivity contribution in [3.05, 3.63) is 46.4 Å². The summed E-state index contributed by atoms with van der Waals surface area (Å²) in [5, 5.41) is 13.3. The van der Waals surface area contributed by atoms with E-state index in [9.17, 15) is 9.90 Å². The minimum Gasteiger partial charge on any atom is -0.466 e. The second-order valence-electron chi connectivity index (χ2n) is 5.70. The van der Waals surface area contributed by atoms with Gasteiger partial charge in [0.15, 0.2) is 0 Å². The minimum absolute atomic E-state index is 0.0684. The maximum Gasteiger partial charge on any atom is 0.254 e. The first-order valence-electron chi connectivity index (χ1n) is 7.09. The normalized spacial score (nSPS) is 13.7. The minimum atomic E-state index is -1.21. The topological polar surface area (TPSA) is 88.2 Å². The number of rotatable bonds is 4. The molecule has 0 aliphatic rings. The SMILES string of the molecule is Cc1ncc(C(=O)NCC(C)(O)c2cc(C)oc2C)c(C)n1. The van der Waals surface area contributed by atoms with Crippen molar-refractivity contribution in [2.75, 3.05) is 6.54 Å². The second-order valence-corrected chi connectivity index (χ2v) is 5.70. The van der Waals surface area contributed by atoms with Crippen molar-refractivity contribution in [2.24, 2.45) is 0 Å². The van der Waals surface area contributed by atoms with E-state index in [4.69, 9.17) is 4.42 Å². The molecule has 2 aromatic heterocycles. The van der Waals surface area contributed by atoms with Gasteiger partial charge in [-0.15, -0.1) is 0 Å². The van der Waals surface area contributed by atoms with Gasteiger partial charge in [-0.2, -0.15) is 0 Å². The molecule has 0 bridgehead atoms. The number of nitrogens with one attached hydrogen (secondary N) is 1. The number of carbonyl (C=O) groups is 1. The first-order chi connectivity index (χ1) is 10.2.